The average Bonchev–Trinajstić information content (AvgIpc) is 2.64. The molecular formula is C20H24ClNO2. The number of aromatic nitrogens is 1. The first-order valence-electron chi connectivity index (χ1n) is 8.15. The summed E-state index contributed by atoms with van der Waals surface area (Å²) >= 11 is 5.91. The Morgan fingerprint density at radius 2 is 1.50 bits per heavy atom. The lowest BCUT2D eigenvalue weighted by atomic mass is 10.0. The minimum absolute atomic E-state index is 0.126. The molecule has 3 rings (SSSR count). The summed E-state index contributed by atoms with van der Waals surface area (Å²) in [5.74, 6) is 0.737. The van der Waals surface area contributed by atoms with Crippen LogP contribution in [0.2, 0.25) is 5.02 Å². The predicted molar refractivity (Wildman–Crippen MR) is 104 cm³/mol. The van der Waals surface area contributed by atoms with Gasteiger partial charge in [0.25, 0.3) is 0 Å². The minimum atomic E-state index is -0.126. The Morgan fingerprint density at radius 3 is 2.08 bits per heavy atom. The van der Waals surface area contributed by atoms with E-state index in [1.807, 2.05) is 64.1 Å². The van der Waals surface area contributed by atoms with Crippen LogP contribution >= 0.6 is 11.6 Å². The number of nitrogens with one attached hydrogen (secondary N) is 1. The number of pyridine rings is 1. The summed E-state index contributed by atoms with van der Waals surface area (Å²) in [6.07, 6.45) is 0. The molecule has 0 radical (unpaired) electrons. The number of halogens is 1. The lowest BCUT2D eigenvalue weighted by Gasteiger charge is -2.12. The van der Waals surface area contributed by atoms with Gasteiger partial charge in [-0.25, -0.2) is 0 Å². The fraction of sp³-hybridized carbons (Fsp3) is 0.250. The van der Waals surface area contributed by atoms with Crippen LogP contribution < -0.4 is 10.3 Å². The van der Waals surface area contributed by atoms with Gasteiger partial charge in [0.2, 0.25) is 5.56 Å². The van der Waals surface area contributed by atoms with E-state index in [2.05, 4.69) is 4.98 Å². The third-order valence-corrected chi connectivity index (χ3v) is 3.47. The Balaban J connectivity index is 0.000000671. The topological polar surface area (TPSA) is 42.1 Å². The van der Waals surface area contributed by atoms with E-state index < -0.39 is 0 Å². The summed E-state index contributed by atoms with van der Waals surface area (Å²) in [4.78, 5) is 14.2. The van der Waals surface area contributed by atoms with E-state index >= 15 is 0 Å². The Labute approximate surface area is 148 Å². The molecule has 24 heavy (non-hydrogen) atoms. The molecule has 0 amide bonds. The van der Waals surface area contributed by atoms with Crippen LogP contribution in [-0.2, 0) is 0 Å². The molecule has 0 atom stereocenters. The molecule has 0 spiro atoms. The first-order valence-corrected chi connectivity index (χ1v) is 8.53. The molecule has 0 saturated carbocycles. The fourth-order valence-corrected chi connectivity index (χ4v) is 2.41. The van der Waals surface area contributed by atoms with Crippen LogP contribution in [0.1, 0.15) is 27.7 Å². The van der Waals surface area contributed by atoms with Crippen molar-refractivity contribution in [1.29, 1.82) is 0 Å². The highest BCUT2D eigenvalue weighted by atomic mass is 35.5. The van der Waals surface area contributed by atoms with Crippen molar-refractivity contribution in [1.82, 2.24) is 4.98 Å². The van der Waals surface area contributed by atoms with Gasteiger partial charge in [-0.3, -0.25) is 4.79 Å². The second-order valence-corrected chi connectivity index (χ2v) is 4.87. The summed E-state index contributed by atoms with van der Waals surface area (Å²) in [5.41, 5.74) is 2.61. The Bertz CT molecular complexity index is 823. The second kappa shape index (κ2) is 9.78. The lowest BCUT2D eigenvalue weighted by molar-refractivity contribution is 0.421. The molecule has 0 aliphatic rings. The standard InChI is InChI=1S/C16H12ClNO2.2C2H6/c1-20-16-12(10-2-4-11(17)5-3-10)6-8-14-13(16)7-9-15(19)18-14;2*1-2/h2-9H,1H3,(H,18,19);2*1-2H3. The highest BCUT2D eigenvalue weighted by Crippen LogP contribution is 2.35. The number of ether oxygens (including phenoxy) is 1. The van der Waals surface area contributed by atoms with Crippen molar-refractivity contribution >= 4 is 22.5 Å². The summed E-state index contributed by atoms with van der Waals surface area (Å²) in [6, 6.07) is 14.6. The van der Waals surface area contributed by atoms with Gasteiger partial charge in [0.15, 0.2) is 0 Å². The van der Waals surface area contributed by atoms with E-state index in [9.17, 15) is 4.79 Å². The lowest BCUT2D eigenvalue weighted by Crippen LogP contribution is -2.03. The van der Waals surface area contributed by atoms with Crippen LogP contribution in [0.5, 0.6) is 5.75 Å². The molecule has 3 aromatic rings. The second-order valence-electron chi connectivity index (χ2n) is 4.44. The Morgan fingerprint density at radius 1 is 0.875 bits per heavy atom. The molecule has 0 aliphatic carbocycles. The highest BCUT2D eigenvalue weighted by Gasteiger charge is 2.10. The van der Waals surface area contributed by atoms with Gasteiger partial charge in [-0.1, -0.05) is 51.4 Å². The molecule has 0 bridgehead atoms. The van der Waals surface area contributed by atoms with Crippen LogP contribution in [-0.4, -0.2) is 12.1 Å². The zero-order valence-corrected chi connectivity index (χ0v) is 15.6. The Hall–Kier alpha value is -2.26. The van der Waals surface area contributed by atoms with Gasteiger partial charge in [-0.05, 0) is 35.9 Å². The van der Waals surface area contributed by atoms with Gasteiger partial charge in [-0.15, -0.1) is 0 Å². The smallest absolute Gasteiger partial charge is 0.248 e. The highest BCUT2D eigenvalue weighted by molar-refractivity contribution is 6.30. The van der Waals surface area contributed by atoms with E-state index in [1.165, 1.54) is 6.07 Å². The van der Waals surface area contributed by atoms with Gasteiger partial charge in [0, 0.05) is 22.0 Å². The van der Waals surface area contributed by atoms with E-state index in [0.717, 1.165) is 27.8 Å². The maximum atomic E-state index is 11.4. The Kier molecular flexibility index (Phi) is 8.07. The van der Waals surface area contributed by atoms with E-state index in [-0.39, 0.29) is 5.56 Å². The quantitative estimate of drug-likeness (QED) is 0.627. The number of hydrogen-bond donors (Lipinski definition) is 1. The number of aromatic amines is 1. The number of hydrogen-bond acceptors (Lipinski definition) is 2. The molecular weight excluding hydrogens is 322 g/mol. The van der Waals surface area contributed by atoms with Crippen molar-refractivity contribution in [3.8, 4) is 16.9 Å². The van der Waals surface area contributed by atoms with Gasteiger partial charge >= 0.3 is 0 Å². The third kappa shape index (κ3) is 4.39. The summed E-state index contributed by atoms with van der Waals surface area (Å²) < 4.78 is 5.53. The molecule has 0 fully saturated rings. The van der Waals surface area contributed by atoms with Crippen LogP contribution in [0.4, 0.5) is 0 Å². The van der Waals surface area contributed by atoms with Gasteiger partial charge in [-0.2, -0.15) is 0 Å². The van der Waals surface area contributed by atoms with Gasteiger partial charge in [0.1, 0.15) is 5.75 Å². The van der Waals surface area contributed by atoms with E-state index in [0.29, 0.717) is 5.02 Å². The number of fused-ring (bicyclic) bond motifs is 1. The molecule has 1 N–H and O–H groups in total. The van der Waals surface area contributed by atoms with Crippen molar-refractivity contribution < 1.29 is 4.74 Å². The molecule has 128 valence electrons. The maximum Gasteiger partial charge on any atom is 0.248 e. The van der Waals surface area contributed by atoms with Gasteiger partial charge < -0.3 is 9.72 Å². The van der Waals surface area contributed by atoms with Crippen molar-refractivity contribution in [2.24, 2.45) is 0 Å². The SMILES string of the molecule is CC.CC.COc1c(-c2ccc(Cl)cc2)ccc2[nH]c(=O)ccc12. The van der Waals surface area contributed by atoms with Crippen molar-refractivity contribution in [2.75, 3.05) is 7.11 Å². The van der Waals surface area contributed by atoms with E-state index in [1.54, 1.807) is 13.2 Å². The fourth-order valence-electron chi connectivity index (χ4n) is 2.28. The molecule has 1 aromatic heterocycles. The van der Waals surface area contributed by atoms with Gasteiger partial charge in [0.05, 0.1) is 12.6 Å². The summed E-state index contributed by atoms with van der Waals surface area (Å²) in [6.45, 7) is 8.00. The molecule has 4 heteroatoms. The minimum Gasteiger partial charge on any atom is -0.495 e. The third-order valence-electron chi connectivity index (χ3n) is 3.21. The van der Waals surface area contributed by atoms with Crippen LogP contribution in [0.15, 0.2) is 53.3 Å². The summed E-state index contributed by atoms with van der Waals surface area (Å²) in [5, 5.41) is 1.57. The van der Waals surface area contributed by atoms with Crippen molar-refractivity contribution in [3.63, 3.8) is 0 Å². The molecule has 0 aliphatic heterocycles. The maximum absolute atomic E-state index is 11.4. The number of methoxy groups -OCH3 is 1. The zero-order chi connectivity index (χ0) is 18.1. The number of benzene rings is 2. The summed E-state index contributed by atoms with van der Waals surface area (Å²) in [7, 11) is 1.62. The van der Waals surface area contributed by atoms with Crippen LogP contribution in [0, 0.1) is 0 Å². The first-order chi connectivity index (χ1) is 11.7. The largest absolute Gasteiger partial charge is 0.495 e. The molecule has 0 unspecified atom stereocenters. The van der Waals surface area contributed by atoms with Crippen LogP contribution in [0.25, 0.3) is 22.0 Å². The van der Waals surface area contributed by atoms with Crippen LogP contribution in [0.3, 0.4) is 0 Å². The monoisotopic (exact) mass is 345 g/mol. The normalized spacial score (nSPS) is 9.42. The van der Waals surface area contributed by atoms with E-state index in [4.69, 9.17) is 16.3 Å². The molecule has 1 heterocycles. The molecule has 2 aromatic carbocycles. The average molecular weight is 346 g/mol. The van der Waals surface area contributed by atoms with Crippen molar-refractivity contribution in [2.45, 2.75) is 27.7 Å². The zero-order valence-electron chi connectivity index (χ0n) is 14.8. The number of H-pyrrole nitrogens is 1. The number of rotatable bonds is 2. The first kappa shape index (κ1) is 19.8. The molecule has 0 saturated heterocycles. The predicted octanol–water partition coefficient (Wildman–Crippen LogP) is 5.91. The molecule has 3 nitrogen and oxygen atoms in total. The van der Waals surface area contributed by atoms with Crippen molar-refractivity contribution in [3.05, 3.63) is 63.9 Å².